The summed E-state index contributed by atoms with van der Waals surface area (Å²) in [7, 11) is 0. The molecule has 5 heteroatoms. The highest BCUT2D eigenvalue weighted by molar-refractivity contribution is 6.01. The van der Waals surface area contributed by atoms with E-state index >= 15 is 0 Å². The molecule has 32 heavy (non-hydrogen) atoms. The van der Waals surface area contributed by atoms with Gasteiger partial charge in [0.2, 0.25) is 0 Å². The van der Waals surface area contributed by atoms with Crippen LogP contribution in [0.1, 0.15) is 29.6 Å². The van der Waals surface area contributed by atoms with Gasteiger partial charge in [-0.3, -0.25) is 9.78 Å². The van der Waals surface area contributed by atoms with E-state index in [4.69, 9.17) is 4.42 Å². The summed E-state index contributed by atoms with van der Waals surface area (Å²) in [6, 6.07) is 21.7. The predicted octanol–water partition coefficient (Wildman–Crippen LogP) is 5.53. The Hall–Kier alpha value is -3.60. The number of benzene rings is 2. The van der Waals surface area contributed by atoms with Crippen LogP contribution in [0.15, 0.2) is 83.5 Å². The van der Waals surface area contributed by atoms with E-state index in [0.29, 0.717) is 18.0 Å². The first-order valence-corrected chi connectivity index (χ1v) is 11.3. The number of amides is 1. The maximum Gasteiger partial charge on any atom is 0.252 e. The van der Waals surface area contributed by atoms with Crippen molar-refractivity contribution in [2.24, 2.45) is 5.92 Å². The van der Waals surface area contributed by atoms with Crippen LogP contribution in [0.2, 0.25) is 0 Å². The number of piperidine rings is 1. The summed E-state index contributed by atoms with van der Waals surface area (Å²) in [5.74, 6) is 1.31. The Kier molecular flexibility index (Phi) is 5.88. The fourth-order valence-electron chi connectivity index (χ4n) is 4.53. The monoisotopic (exact) mass is 425 g/mol. The Labute approximate surface area is 188 Å². The Morgan fingerprint density at radius 2 is 1.75 bits per heavy atom. The van der Waals surface area contributed by atoms with Crippen molar-refractivity contribution in [3.05, 3.63) is 84.7 Å². The van der Waals surface area contributed by atoms with E-state index < -0.39 is 0 Å². The number of rotatable bonds is 6. The quantitative estimate of drug-likeness (QED) is 0.441. The Balaban J connectivity index is 1.18. The number of para-hydroxylation sites is 1. The molecule has 0 radical (unpaired) electrons. The van der Waals surface area contributed by atoms with Crippen molar-refractivity contribution in [2.75, 3.05) is 24.5 Å². The smallest absolute Gasteiger partial charge is 0.252 e. The molecule has 0 atom stereocenters. The number of carbonyl (C=O) groups excluding carboxylic acids is 1. The number of nitrogens with one attached hydrogen (secondary N) is 1. The average molecular weight is 426 g/mol. The molecule has 5 nitrogen and oxygen atoms in total. The van der Waals surface area contributed by atoms with E-state index in [-0.39, 0.29) is 5.91 Å². The van der Waals surface area contributed by atoms with Gasteiger partial charge in [0.15, 0.2) is 0 Å². The van der Waals surface area contributed by atoms with Crippen molar-refractivity contribution in [2.45, 2.75) is 19.3 Å². The molecule has 0 saturated carbocycles. The van der Waals surface area contributed by atoms with Crippen molar-refractivity contribution >= 4 is 22.6 Å². The van der Waals surface area contributed by atoms with Crippen LogP contribution in [0.5, 0.6) is 0 Å². The maximum absolute atomic E-state index is 13.0. The molecule has 2 aromatic carbocycles. The standard InChI is InChI=1S/C27H27N3O2/c31-27(29-16-9-20-12-17-30(18-13-20)22-10-14-28-15-11-22)24-7-3-2-6-23(24)26-19-21-5-1-4-8-25(21)32-26/h1-8,10-11,14-15,19-20H,9,12-13,16-18H2,(H,29,31). The first-order chi connectivity index (χ1) is 15.8. The normalized spacial score (nSPS) is 14.6. The number of furan rings is 1. The van der Waals surface area contributed by atoms with Gasteiger partial charge >= 0.3 is 0 Å². The number of pyridine rings is 1. The zero-order valence-electron chi connectivity index (χ0n) is 18.0. The van der Waals surface area contributed by atoms with E-state index in [1.54, 1.807) is 0 Å². The number of aromatic nitrogens is 1. The van der Waals surface area contributed by atoms with E-state index in [9.17, 15) is 4.79 Å². The van der Waals surface area contributed by atoms with Crippen LogP contribution in [-0.4, -0.2) is 30.5 Å². The number of carbonyl (C=O) groups is 1. The number of hydrogen-bond donors (Lipinski definition) is 1. The van der Waals surface area contributed by atoms with E-state index in [1.807, 2.05) is 67.0 Å². The Morgan fingerprint density at radius 1 is 1.00 bits per heavy atom. The van der Waals surface area contributed by atoms with Gasteiger partial charge in [-0.15, -0.1) is 0 Å². The largest absolute Gasteiger partial charge is 0.456 e. The summed E-state index contributed by atoms with van der Waals surface area (Å²) in [4.78, 5) is 19.5. The third-order valence-electron chi connectivity index (χ3n) is 6.34. The van der Waals surface area contributed by atoms with Gasteiger partial charge < -0.3 is 14.6 Å². The molecule has 5 rings (SSSR count). The maximum atomic E-state index is 13.0. The highest BCUT2D eigenvalue weighted by atomic mass is 16.3. The molecule has 1 aliphatic rings. The minimum atomic E-state index is -0.0460. The van der Waals surface area contributed by atoms with Crippen molar-refractivity contribution in [3.63, 3.8) is 0 Å². The zero-order valence-corrected chi connectivity index (χ0v) is 18.0. The van der Waals surface area contributed by atoms with Crippen molar-refractivity contribution in [3.8, 4) is 11.3 Å². The van der Waals surface area contributed by atoms with E-state index in [1.165, 1.54) is 5.69 Å². The summed E-state index contributed by atoms with van der Waals surface area (Å²) in [5, 5.41) is 4.17. The fraction of sp³-hybridized carbons (Fsp3) is 0.259. The zero-order chi connectivity index (χ0) is 21.8. The molecular formula is C27H27N3O2. The SMILES string of the molecule is O=C(NCCC1CCN(c2ccncc2)CC1)c1ccccc1-c1cc2ccccc2o1. The summed E-state index contributed by atoms with van der Waals surface area (Å²) in [6.07, 6.45) is 6.99. The van der Waals surface area contributed by atoms with Crippen LogP contribution in [0.25, 0.3) is 22.3 Å². The van der Waals surface area contributed by atoms with Crippen LogP contribution in [0, 0.1) is 5.92 Å². The van der Waals surface area contributed by atoms with Crippen molar-refractivity contribution in [1.82, 2.24) is 10.3 Å². The Bertz CT molecular complexity index is 1160. The lowest BCUT2D eigenvalue weighted by molar-refractivity contribution is 0.0951. The minimum Gasteiger partial charge on any atom is -0.456 e. The van der Waals surface area contributed by atoms with E-state index in [0.717, 1.165) is 54.6 Å². The molecule has 0 spiro atoms. The lowest BCUT2D eigenvalue weighted by Crippen LogP contribution is -2.35. The van der Waals surface area contributed by atoms with Crippen LogP contribution in [-0.2, 0) is 0 Å². The molecule has 1 fully saturated rings. The summed E-state index contributed by atoms with van der Waals surface area (Å²) in [5.41, 5.74) is 3.55. The molecule has 1 aliphatic heterocycles. The van der Waals surface area contributed by atoms with Gasteiger partial charge in [-0.25, -0.2) is 0 Å². The van der Waals surface area contributed by atoms with Gasteiger partial charge in [-0.1, -0.05) is 36.4 Å². The average Bonchev–Trinajstić information content (AvgIpc) is 3.29. The molecule has 2 aromatic heterocycles. The molecule has 3 heterocycles. The topological polar surface area (TPSA) is 58.4 Å². The van der Waals surface area contributed by atoms with Crippen LogP contribution >= 0.6 is 0 Å². The second-order valence-corrected chi connectivity index (χ2v) is 8.37. The van der Waals surface area contributed by atoms with Gasteiger partial charge in [0.1, 0.15) is 11.3 Å². The lowest BCUT2D eigenvalue weighted by atomic mass is 9.93. The van der Waals surface area contributed by atoms with Gasteiger partial charge in [0.05, 0.1) is 5.56 Å². The van der Waals surface area contributed by atoms with E-state index in [2.05, 4.69) is 27.3 Å². The molecule has 1 amide bonds. The molecule has 0 bridgehead atoms. The van der Waals surface area contributed by atoms with Crippen LogP contribution < -0.4 is 10.2 Å². The summed E-state index contributed by atoms with van der Waals surface area (Å²) < 4.78 is 6.00. The first kappa shape index (κ1) is 20.3. The summed E-state index contributed by atoms with van der Waals surface area (Å²) >= 11 is 0. The molecule has 0 aliphatic carbocycles. The second-order valence-electron chi connectivity index (χ2n) is 8.37. The van der Waals surface area contributed by atoms with Crippen LogP contribution in [0.4, 0.5) is 5.69 Å². The van der Waals surface area contributed by atoms with Crippen molar-refractivity contribution in [1.29, 1.82) is 0 Å². The molecule has 0 unspecified atom stereocenters. The minimum absolute atomic E-state index is 0.0460. The molecule has 1 saturated heterocycles. The number of hydrogen-bond acceptors (Lipinski definition) is 4. The molecule has 1 N–H and O–H groups in total. The first-order valence-electron chi connectivity index (χ1n) is 11.3. The van der Waals surface area contributed by atoms with Gasteiger partial charge in [0, 0.05) is 48.7 Å². The predicted molar refractivity (Wildman–Crippen MR) is 128 cm³/mol. The number of nitrogens with zero attached hydrogens (tertiary/aromatic N) is 2. The van der Waals surface area contributed by atoms with Gasteiger partial charge in [-0.2, -0.15) is 0 Å². The third-order valence-corrected chi connectivity index (χ3v) is 6.34. The lowest BCUT2D eigenvalue weighted by Gasteiger charge is -2.33. The molecule has 162 valence electrons. The number of anilines is 1. The molecular weight excluding hydrogens is 398 g/mol. The van der Waals surface area contributed by atoms with Crippen LogP contribution in [0.3, 0.4) is 0 Å². The third kappa shape index (κ3) is 4.37. The fourth-order valence-corrected chi connectivity index (χ4v) is 4.53. The molecule has 4 aromatic rings. The Morgan fingerprint density at radius 3 is 2.56 bits per heavy atom. The highest BCUT2D eigenvalue weighted by Crippen LogP contribution is 2.30. The van der Waals surface area contributed by atoms with Gasteiger partial charge in [-0.05, 0) is 55.5 Å². The number of fused-ring (bicyclic) bond motifs is 1. The summed E-state index contributed by atoms with van der Waals surface area (Å²) in [6.45, 7) is 2.79. The van der Waals surface area contributed by atoms with Crippen molar-refractivity contribution < 1.29 is 9.21 Å². The second kappa shape index (κ2) is 9.27. The van der Waals surface area contributed by atoms with Gasteiger partial charge in [0.25, 0.3) is 5.91 Å². The highest BCUT2D eigenvalue weighted by Gasteiger charge is 2.20.